The fourth-order valence-corrected chi connectivity index (χ4v) is 3.54. The van der Waals surface area contributed by atoms with Crippen molar-refractivity contribution in [3.8, 4) is 0 Å². The van der Waals surface area contributed by atoms with Crippen LogP contribution in [0.2, 0.25) is 0 Å². The zero-order chi connectivity index (χ0) is 17.9. The minimum absolute atomic E-state index is 0.850. The molecule has 1 aliphatic rings. The van der Waals surface area contributed by atoms with Crippen LogP contribution in [0.1, 0.15) is 12.5 Å². The molecule has 0 aliphatic carbocycles. The van der Waals surface area contributed by atoms with Gasteiger partial charge in [-0.2, -0.15) is 0 Å². The summed E-state index contributed by atoms with van der Waals surface area (Å²) in [6, 6.07) is 14.7. The molecule has 1 saturated heterocycles. The lowest BCUT2D eigenvalue weighted by Gasteiger charge is -2.35. The first kappa shape index (κ1) is 16.8. The molecule has 0 bridgehead atoms. The molecule has 0 spiro atoms. The van der Waals surface area contributed by atoms with Crippen LogP contribution in [0, 0.1) is 6.92 Å². The zero-order valence-electron chi connectivity index (χ0n) is 15.4. The Bertz CT molecular complexity index is 895. The number of likely N-dealkylation sites (N-methyl/N-ethyl adjacent to an activating group) is 1. The molecule has 2 aromatic carbocycles. The number of benzene rings is 2. The summed E-state index contributed by atoms with van der Waals surface area (Å²) in [5.41, 5.74) is 4.57. The highest BCUT2D eigenvalue weighted by atomic mass is 15.3. The molecule has 134 valence electrons. The van der Waals surface area contributed by atoms with E-state index >= 15 is 0 Å². The van der Waals surface area contributed by atoms with E-state index in [9.17, 15) is 0 Å². The number of anilines is 3. The Morgan fingerprint density at radius 2 is 1.81 bits per heavy atom. The number of rotatable bonds is 4. The van der Waals surface area contributed by atoms with Gasteiger partial charge in [-0.1, -0.05) is 19.1 Å². The summed E-state index contributed by atoms with van der Waals surface area (Å²) in [6.45, 7) is 10.00. The van der Waals surface area contributed by atoms with Crippen molar-refractivity contribution in [1.29, 1.82) is 0 Å². The third kappa shape index (κ3) is 3.35. The fourth-order valence-electron chi connectivity index (χ4n) is 3.54. The lowest BCUT2D eigenvalue weighted by atomic mass is 10.1. The molecule has 2 heterocycles. The molecular weight excluding hydrogens is 322 g/mol. The Balaban J connectivity index is 1.55. The molecule has 1 aromatic heterocycles. The van der Waals surface area contributed by atoms with Gasteiger partial charge in [0, 0.05) is 42.9 Å². The van der Waals surface area contributed by atoms with E-state index in [0.717, 1.165) is 55.1 Å². The van der Waals surface area contributed by atoms with Crippen molar-refractivity contribution in [3.63, 3.8) is 0 Å². The van der Waals surface area contributed by atoms with E-state index in [4.69, 9.17) is 0 Å². The highest BCUT2D eigenvalue weighted by molar-refractivity contribution is 5.90. The van der Waals surface area contributed by atoms with Crippen molar-refractivity contribution in [3.05, 3.63) is 54.4 Å². The maximum Gasteiger partial charge on any atom is 0.141 e. The van der Waals surface area contributed by atoms with Gasteiger partial charge < -0.3 is 15.1 Å². The predicted molar refractivity (Wildman–Crippen MR) is 108 cm³/mol. The summed E-state index contributed by atoms with van der Waals surface area (Å²) < 4.78 is 0. The zero-order valence-corrected chi connectivity index (χ0v) is 15.4. The van der Waals surface area contributed by atoms with E-state index in [1.807, 2.05) is 18.2 Å². The van der Waals surface area contributed by atoms with Gasteiger partial charge in [-0.15, -0.1) is 0 Å². The Labute approximate surface area is 154 Å². The first-order valence-corrected chi connectivity index (χ1v) is 9.29. The quantitative estimate of drug-likeness (QED) is 0.777. The molecule has 5 heteroatoms. The highest BCUT2D eigenvalue weighted by Gasteiger charge is 2.16. The molecule has 5 nitrogen and oxygen atoms in total. The maximum atomic E-state index is 4.44. The molecule has 4 rings (SSSR count). The third-order valence-corrected chi connectivity index (χ3v) is 5.19. The lowest BCUT2D eigenvalue weighted by Crippen LogP contribution is -2.46. The maximum absolute atomic E-state index is 4.44. The summed E-state index contributed by atoms with van der Waals surface area (Å²) in [4.78, 5) is 13.7. The smallest absolute Gasteiger partial charge is 0.141 e. The summed E-state index contributed by atoms with van der Waals surface area (Å²) in [5.74, 6) is 0.850. The van der Waals surface area contributed by atoms with Crippen LogP contribution in [-0.2, 0) is 0 Å². The second-order valence-corrected chi connectivity index (χ2v) is 6.78. The number of piperazine rings is 1. The number of nitrogens with zero attached hydrogens (tertiary/aromatic N) is 4. The van der Waals surface area contributed by atoms with E-state index in [-0.39, 0.29) is 0 Å². The summed E-state index contributed by atoms with van der Waals surface area (Å²) in [7, 11) is 0. The third-order valence-electron chi connectivity index (χ3n) is 5.19. The highest BCUT2D eigenvalue weighted by Crippen LogP contribution is 2.28. The van der Waals surface area contributed by atoms with Crippen molar-refractivity contribution >= 4 is 28.1 Å². The second kappa shape index (κ2) is 7.30. The number of hydrogen-bond acceptors (Lipinski definition) is 5. The summed E-state index contributed by atoms with van der Waals surface area (Å²) in [6.07, 6.45) is 1.61. The molecule has 1 aliphatic heterocycles. The number of para-hydroxylation sites is 1. The average Bonchev–Trinajstić information content (AvgIpc) is 2.70. The van der Waals surface area contributed by atoms with Gasteiger partial charge in [0.15, 0.2) is 0 Å². The SMILES string of the molecule is CCN1CCN(c2ccc(Nc3ncnc4ccccc34)c(C)c2)CC1. The van der Waals surface area contributed by atoms with Crippen molar-refractivity contribution in [2.45, 2.75) is 13.8 Å². The van der Waals surface area contributed by atoms with Gasteiger partial charge in [0.05, 0.1) is 5.52 Å². The Hall–Kier alpha value is -2.66. The molecule has 3 aromatic rings. The van der Waals surface area contributed by atoms with Crippen molar-refractivity contribution < 1.29 is 0 Å². The van der Waals surface area contributed by atoms with Gasteiger partial charge in [-0.25, -0.2) is 9.97 Å². The minimum Gasteiger partial charge on any atom is -0.369 e. The molecule has 0 amide bonds. The van der Waals surface area contributed by atoms with Crippen molar-refractivity contribution in [2.24, 2.45) is 0 Å². The van der Waals surface area contributed by atoms with Gasteiger partial charge in [-0.05, 0) is 49.4 Å². The topological polar surface area (TPSA) is 44.3 Å². The van der Waals surface area contributed by atoms with Crippen LogP contribution < -0.4 is 10.2 Å². The van der Waals surface area contributed by atoms with Gasteiger partial charge in [0.25, 0.3) is 0 Å². The van der Waals surface area contributed by atoms with Crippen LogP contribution >= 0.6 is 0 Å². The second-order valence-electron chi connectivity index (χ2n) is 6.78. The van der Waals surface area contributed by atoms with Gasteiger partial charge in [0.2, 0.25) is 0 Å². The minimum atomic E-state index is 0.850. The van der Waals surface area contributed by atoms with E-state index in [0.29, 0.717) is 0 Å². The molecule has 1 fully saturated rings. The van der Waals surface area contributed by atoms with E-state index < -0.39 is 0 Å². The fraction of sp³-hybridized carbons (Fsp3) is 0.333. The summed E-state index contributed by atoms with van der Waals surface area (Å²) >= 11 is 0. The van der Waals surface area contributed by atoms with Crippen LogP contribution in [0.25, 0.3) is 10.9 Å². The number of aromatic nitrogens is 2. The molecule has 26 heavy (non-hydrogen) atoms. The number of hydrogen-bond donors (Lipinski definition) is 1. The van der Waals surface area contributed by atoms with Gasteiger partial charge in [-0.3, -0.25) is 0 Å². The number of aryl methyl sites for hydroxylation is 1. The Morgan fingerprint density at radius 1 is 1.00 bits per heavy atom. The van der Waals surface area contributed by atoms with Crippen molar-refractivity contribution in [2.75, 3.05) is 42.9 Å². The van der Waals surface area contributed by atoms with Crippen molar-refractivity contribution in [1.82, 2.24) is 14.9 Å². The first-order chi connectivity index (χ1) is 12.7. The molecule has 0 unspecified atom stereocenters. The summed E-state index contributed by atoms with van der Waals surface area (Å²) in [5, 5.41) is 4.52. The van der Waals surface area contributed by atoms with Crippen LogP contribution in [0.15, 0.2) is 48.8 Å². The van der Waals surface area contributed by atoms with Gasteiger partial charge >= 0.3 is 0 Å². The standard InChI is InChI=1S/C21H25N5/c1-3-25-10-12-26(13-11-25)17-8-9-19(16(2)14-17)24-21-18-6-4-5-7-20(18)22-15-23-21/h4-9,14-15H,3,10-13H2,1-2H3,(H,22,23,24). The average molecular weight is 347 g/mol. The Morgan fingerprint density at radius 3 is 2.58 bits per heavy atom. The number of nitrogens with one attached hydrogen (secondary N) is 1. The molecular formula is C21H25N5. The Kier molecular flexibility index (Phi) is 4.71. The normalized spacial score (nSPS) is 15.4. The lowest BCUT2D eigenvalue weighted by molar-refractivity contribution is 0.271. The van der Waals surface area contributed by atoms with Crippen LogP contribution in [0.5, 0.6) is 0 Å². The molecule has 1 N–H and O–H groups in total. The largest absolute Gasteiger partial charge is 0.369 e. The van der Waals surface area contributed by atoms with Crippen LogP contribution in [-0.4, -0.2) is 47.6 Å². The van der Waals surface area contributed by atoms with E-state index in [1.165, 1.54) is 11.3 Å². The number of fused-ring (bicyclic) bond motifs is 1. The monoisotopic (exact) mass is 347 g/mol. The molecule has 0 saturated carbocycles. The van der Waals surface area contributed by atoms with E-state index in [1.54, 1.807) is 6.33 Å². The first-order valence-electron chi connectivity index (χ1n) is 9.29. The predicted octanol–water partition coefficient (Wildman–Crippen LogP) is 3.82. The van der Waals surface area contributed by atoms with Gasteiger partial charge in [0.1, 0.15) is 12.1 Å². The van der Waals surface area contributed by atoms with E-state index in [2.05, 4.69) is 63.2 Å². The molecule has 0 radical (unpaired) electrons. The molecule has 0 atom stereocenters. The van der Waals surface area contributed by atoms with Crippen LogP contribution in [0.3, 0.4) is 0 Å². The van der Waals surface area contributed by atoms with Crippen LogP contribution in [0.4, 0.5) is 17.2 Å².